The van der Waals surface area contributed by atoms with Crippen molar-refractivity contribution in [3.63, 3.8) is 0 Å². The van der Waals surface area contributed by atoms with E-state index >= 15 is 0 Å². The first-order valence-electron chi connectivity index (χ1n) is 5.01. The van der Waals surface area contributed by atoms with Gasteiger partial charge in [-0.3, -0.25) is 4.79 Å². The molecule has 0 rings (SSSR count). The maximum absolute atomic E-state index is 11.0. The lowest BCUT2D eigenvalue weighted by molar-refractivity contribution is -0.150. The summed E-state index contributed by atoms with van der Waals surface area (Å²) in [5, 5.41) is 8.62. The summed E-state index contributed by atoms with van der Waals surface area (Å²) < 4.78 is 4.89. The molecule has 0 aliphatic carbocycles. The third-order valence-corrected chi connectivity index (χ3v) is 1.82. The van der Waals surface area contributed by atoms with Gasteiger partial charge in [0, 0.05) is 6.42 Å². The van der Waals surface area contributed by atoms with E-state index in [4.69, 9.17) is 9.84 Å². The molecule has 0 aromatic rings. The van der Waals surface area contributed by atoms with Crippen molar-refractivity contribution in [3.05, 3.63) is 0 Å². The molecule has 78 valence electrons. The van der Waals surface area contributed by atoms with Crippen LogP contribution in [0.25, 0.3) is 0 Å². The van der Waals surface area contributed by atoms with E-state index in [0.717, 1.165) is 12.8 Å². The van der Waals surface area contributed by atoms with Crippen LogP contribution in [0.1, 0.15) is 46.0 Å². The van der Waals surface area contributed by atoms with E-state index < -0.39 is 0 Å². The Kier molecular flexibility index (Phi) is 7.69. The topological polar surface area (TPSA) is 46.5 Å². The van der Waals surface area contributed by atoms with Gasteiger partial charge in [-0.05, 0) is 13.3 Å². The maximum atomic E-state index is 11.0. The van der Waals surface area contributed by atoms with Gasteiger partial charge >= 0.3 is 5.97 Å². The highest BCUT2D eigenvalue weighted by Crippen LogP contribution is 2.04. The predicted molar refractivity (Wildman–Crippen MR) is 51.4 cm³/mol. The number of esters is 1. The molecule has 3 heteroatoms. The van der Waals surface area contributed by atoms with Gasteiger partial charge in [-0.2, -0.15) is 0 Å². The van der Waals surface area contributed by atoms with Gasteiger partial charge in [0.25, 0.3) is 0 Å². The smallest absolute Gasteiger partial charge is 0.306 e. The molecule has 0 bridgehead atoms. The Morgan fingerprint density at radius 2 is 2.08 bits per heavy atom. The zero-order valence-electron chi connectivity index (χ0n) is 8.58. The Hall–Kier alpha value is -0.570. The Bertz CT molecular complexity index is 134. The van der Waals surface area contributed by atoms with Crippen molar-refractivity contribution in [1.29, 1.82) is 0 Å². The standard InChI is InChI=1S/C10H20O3/c1-3-4-5-6-7-10(12)13-9(2)8-11/h9,11H,3-8H2,1-2H3. The van der Waals surface area contributed by atoms with Crippen molar-refractivity contribution in [2.75, 3.05) is 6.61 Å². The fourth-order valence-corrected chi connectivity index (χ4v) is 1.02. The molecule has 0 saturated heterocycles. The lowest BCUT2D eigenvalue weighted by atomic mass is 10.1. The second-order valence-electron chi connectivity index (χ2n) is 3.29. The summed E-state index contributed by atoms with van der Waals surface area (Å²) in [6.45, 7) is 3.72. The minimum absolute atomic E-state index is 0.0965. The third kappa shape index (κ3) is 7.78. The van der Waals surface area contributed by atoms with E-state index in [1.165, 1.54) is 12.8 Å². The maximum Gasteiger partial charge on any atom is 0.306 e. The van der Waals surface area contributed by atoms with Crippen molar-refractivity contribution in [1.82, 2.24) is 0 Å². The first kappa shape index (κ1) is 12.4. The van der Waals surface area contributed by atoms with Crippen LogP contribution in [0.5, 0.6) is 0 Å². The van der Waals surface area contributed by atoms with Gasteiger partial charge in [-0.25, -0.2) is 0 Å². The highest BCUT2D eigenvalue weighted by molar-refractivity contribution is 5.69. The Morgan fingerprint density at radius 1 is 1.38 bits per heavy atom. The number of ether oxygens (including phenoxy) is 1. The van der Waals surface area contributed by atoms with E-state index in [0.29, 0.717) is 6.42 Å². The second kappa shape index (κ2) is 8.05. The van der Waals surface area contributed by atoms with Crippen LogP contribution < -0.4 is 0 Å². The van der Waals surface area contributed by atoms with Crippen molar-refractivity contribution in [2.24, 2.45) is 0 Å². The predicted octanol–water partition coefficient (Wildman–Crippen LogP) is 1.88. The number of aliphatic hydroxyl groups excluding tert-OH is 1. The van der Waals surface area contributed by atoms with Crippen LogP contribution in [0.3, 0.4) is 0 Å². The van der Waals surface area contributed by atoms with Crippen LogP contribution >= 0.6 is 0 Å². The first-order valence-corrected chi connectivity index (χ1v) is 5.01. The molecule has 0 aliphatic heterocycles. The summed E-state index contributed by atoms with van der Waals surface area (Å²) in [6.07, 6.45) is 4.43. The number of carbonyl (C=O) groups is 1. The molecule has 0 aliphatic rings. The molecular weight excluding hydrogens is 168 g/mol. The average Bonchev–Trinajstić information content (AvgIpc) is 2.12. The van der Waals surface area contributed by atoms with E-state index in [1.807, 2.05) is 0 Å². The lowest BCUT2D eigenvalue weighted by Crippen LogP contribution is -2.17. The summed E-state index contributed by atoms with van der Waals surface area (Å²) in [7, 11) is 0. The fraction of sp³-hybridized carbons (Fsp3) is 0.900. The third-order valence-electron chi connectivity index (χ3n) is 1.82. The first-order chi connectivity index (χ1) is 6.20. The van der Waals surface area contributed by atoms with Crippen molar-refractivity contribution in [3.8, 4) is 0 Å². The molecule has 13 heavy (non-hydrogen) atoms. The van der Waals surface area contributed by atoms with Crippen LogP contribution in [-0.2, 0) is 9.53 Å². The number of hydrogen-bond donors (Lipinski definition) is 1. The minimum Gasteiger partial charge on any atom is -0.460 e. The molecule has 3 nitrogen and oxygen atoms in total. The number of carbonyl (C=O) groups excluding carboxylic acids is 1. The monoisotopic (exact) mass is 188 g/mol. The van der Waals surface area contributed by atoms with Crippen LogP contribution in [-0.4, -0.2) is 23.8 Å². The summed E-state index contributed by atoms with van der Waals surface area (Å²) in [5.41, 5.74) is 0. The number of unbranched alkanes of at least 4 members (excludes halogenated alkanes) is 3. The summed E-state index contributed by atoms with van der Waals surface area (Å²) in [5.74, 6) is -0.197. The second-order valence-corrected chi connectivity index (χ2v) is 3.29. The minimum atomic E-state index is -0.362. The number of aliphatic hydroxyl groups is 1. The van der Waals surface area contributed by atoms with Gasteiger partial charge in [0.1, 0.15) is 6.10 Å². The summed E-state index contributed by atoms with van der Waals surface area (Å²) in [4.78, 5) is 11.0. The molecule has 1 unspecified atom stereocenters. The largest absolute Gasteiger partial charge is 0.460 e. The zero-order valence-corrected chi connectivity index (χ0v) is 8.58. The molecule has 1 N–H and O–H groups in total. The van der Waals surface area contributed by atoms with Gasteiger partial charge in [0.05, 0.1) is 6.61 Å². The molecule has 0 heterocycles. The lowest BCUT2D eigenvalue weighted by Gasteiger charge is -2.09. The quantitative estimate of drug-likeness (QED) is 0.490. The highest BCUT2D eigenvalue weighted by atomic mass is 16.5. The molecule has 1 atom stereocenters. The van der Waals surface area contributed by atoms with Crippen molar-refractivity contribution in [2.45, 2.75) is 52.1 Å². The molecule has 0 fully saturated rings. The summed E-state index contributed by atoms with van der Waals surface area (Å²) >= 11 is 0. The van der Waals surface area contributed by atoms with Crippen LogP contribution in [0.15, 0.2) is 0 Å². The highest BCUT2D eigenvalue weighted by Gasteiger charge is 2.07. The van der Waals surface area contributed by atoms with Gasteiger partial charge < -0.3 is 9.84 Å². The van der Waals surface area contributed by atoms with Crippen molar-refractivity contribution >= 4 is 5.97 Å². The number of hydrogen-bond acceptors (Lipinski definition) is 3. The van der Waals surface area contributed by atoms with E-state index in [-0.39, 0.29) is 18.7 Å². The van der Waals surface area contributed by atoms with Crippen LogP contribution in [0.2, 0.25) is 0 Å². The molecule has 0 amide bonds. The van der Waals surface area contributed by atoms with Gasteiger partial charge in [-0.1, -0.05) is 26.2 Å². The van der Waals surface area contributed by atoms with E-state index in [1.54, 1.807) is 6.92 Å². The summed E-state index contributed by atoms with van der Waals surface area (Å²) in [6, 6.07) is 0. The molecule has 0 radical (unpaired) electrons. The fourth-order valence-electron chi connectivity index (χ4n) is 1.02. The zero-order chi connectivity index (χ0) is 10.1. The Labute approximate surface area is 80.1 Å². The Balaban J connectivity index is 3.30. The van der Waals surface area contributed by atoms with Crippen molar-refractivity contribution < 1.29 is 14.6 Å². The average molecular weight is 188 g/mol. The van der Waals surface area contributed by atoms with E-state index in [9.17, 15) is 4.79 Å². The molecule has 0 aromatic heterocycles. The molecule has 0 saturated carbocycles. The van der Waals surface area contributed by atoms with Gasteiger partial charge in [0.2, 0.25) is 0 Å². The van der Waals surface area contributed by atoms with Crippen LogP contribution in [0.4, 0.5) is 0 Å². The van der Waals surface area contributed by atoms with Crippen LogP contribution in [0, 0.1) is 0 Å². The molecule has 0 aromatic carbocycles. The Morgan fingerprint density at radius 3 is 2.62 bits per heavy atom. The van der Waals surface area contributed by atoms with Gasteiger partial charge in [-0.15, -0.1) is 0 Å². The molecule has 0 spiro atoms. The number of rotatable bonds is 7. The van der Waals surface area contributed by atoms with E-state index in [2.05, 4.69) is 6.92 Å². The normalized spacial score (nSPS) is 12.5. The van der Waals surface area contributed by atoms with Gasteiger partial charge in [0.15, 0.2) is 0 Å². The molecular formula is C10H20O3. The SMILES string of the molecule is CCCCCCC(=O)OC(C)CO.